The average Bonchev–Trinajstić information content (AvgIpc) is 2.75. The van der Waals surface area contributed by atoms with Crippen LogP contribution in [0.1, 0.15) is 17.7 Å². The van der Waals surface area contributed by atoms with Crippen molar-refractivity contribution < 1.29 is 4.74 Å². The van der Waals surface area contributed by atoms with E-state index in [-0.39, 0.29) is 5.54 Å². The molecule has 0 spiro atoms. The summed E-state index contributed by atoms with van der Waals surface area (Å²) in [7, 11) is 2.14. The molecule has 1 fully saturated rings. The number of ether oxygens (including phenoxy) is 1. The Morgan fingerprint density at radius 2 is 2.18 bits per heavy atom. The summed E-state index contributed by atoms with van der Waals surface area (Å²) in [6, 6.07) is 4.04. The van der Waals surface area contributed by atoms with Gasteiger partial charge in [0.1, 0.15) is 0 Å². The van der Waals surface area contributed by atoms with Gasteiger partial charge in [-0.25, -0.2) is 0 Å². The van der Waals surface area contributed by atoms with Crippen LogP contribution in [0, 0.1) is 0 Å². The molecule has 2 heterocycles. The third-order valence-corrected chi connectivity index (χ3v) is 4.85. The van der Waals surface area contributed by atoms with Crippen LogP contribution in [0.2, 0.25) is 4.34 Å². The molecule has 0 aromatic carbocycles. The molecule has 2 N–H and O–H groups in total. The maximum absolute atomic E-state index is 5.98. The molecule has 0 radical (unpaired) electrons. The third kappa shape index (κ3) is 3.01. The Balaban J connectivity index is 2.04. The van der Waals surface area contributed by atoms with Crippen LogP contribution in [-0.4, -0.2) is 37.2 Å². The largest absolute Gasteiger partial charge is 0.381 e. The van der Waals surface area contributed by atoms with Crippen LogP contribution in [0.3, 0.4) is 0 Å². The summed E-state index contributed by atoms with van der Waals surface area (Å²) in [5.41, 5.74) is 6.07. The van der Waals surface area contributed by atoms with Crippen molar-refractivity contribution in [1.29, 1.82) is 0 Å². The Labute approximate surface area is 112 Å². The minimum atomic E-state index is 0.0920. The normalized spacial score (nSPS) is 19.8. The Kier molecular flexibility index (Phi) is 4.44. The highest BCUT2D eigenvalue weighted by Gasteiger charge is 2.35. The minimum Gasteiger partial charge on any atom is -0.381 e. The van der Waals surface area contributed by atoms with Crippen molar-refractivity contribution in [3.05, 3.63) is 21.3 Å². The van der Waals surface area contributed by atoms with Gasteiger partial charge in [0.2, 0.25) is 0 Å². The number of hydrogen-bond acceptors (Lipinski definition) is 4. The van der Waals surface area contributed by atoms with Gasteiger partial charge in [0, 0.05) is 36.7 Å². The summed E-state index contributed by atoms with van der Waals surface area (Å²) in [6.07, 6.45) is 2.03. The lowest BCUT2D eigenvalue weighted by Crippen LogP contribution is -2.54. The van der Waals surface area contributed by atoms with E-state index in [0.717, 1.165) is 36.9 Å². The Bertz CT molecular complexity index is 363. The number of nitrogens with two attached hydrogens (primary N) is 1. The number of nitrogens with zero attached hydrogens (tertiary/aromatic N) is 1. The van der Waals surface area contributed by atoms with E-state index in [1.165, 1.54) is 4.88 Å². The van der Waals surface area contributed by atoms with Crippen molar-refractivity contribution in [1.82, 2.24) is 4.90 Å². The first kappa shape index (κ1) is 13.3. The zero-order chi connectivity index (χ0) is 12.3. The molecule has 5 heteroatoms. The highest BCUT2D eigenvalue weighted by molar-refractivity contribution is 7.16. The van der Waals surface area contributed by atoms with Crippen molar-refractivity contribution in [2.75, 3.05) is 26.8 Å². The molecular weight excluding hydrogens is 256 g/mol. The molecule has 0 unspecified atom stereocenters. The molecule has 1 aromatic heterocycles. The zero-order valence-electron chi connectivity index (χ0n) is 10.1. The van der Waals surface area contributed by atoms with Gasteiger partial charge in [-0.3, -0.25) is 4.90 Å². The highest BCUT2D eigenvalue weighted by atomic mass is 35.5. The van der Waals surface area contributed by atoms with Crippen LogP contribution >= 0.6 is 22.9 Å². The fraction of sp³-hybridized carbons (Fsp3) is 0.667. The van der Waals surface area contributed by atoms with Crippen molar-refractivity contribution in [2.45, 2.75) is 24.9 Å². The van der Waals surface area contributed by atoms with E-state index in [2.05, 4.69) is 18.0 Å². The van der Waals surface area contributed by atoms with Crippen LogP contribution in [0.15, 0.2) is 12.1 Å². The molecule has 0 amide bonds. The minimum absolute atomic E-state index is 0.0920. The molecule has 2 rings (SSSR count). The molecule has 1 aromatic rings. The number of hydrogen-bond donors (Lipinski definition) is 1. The van der Waals surface area contributed by atoms with Gasteiger partial charge in [-0.2, -0.15) is 0 Å². The highest BCUT2D eigenvalue weighted by Crippen LogP contribution is 2.29. The van der Waals surface area contributed by atoms with Crippen molar-refractivity contribution in [3.63, 3.8) is 0 Å². The van der Waals surface area contributed by atoms with Crippen LogP contribution in [0.4, 0.5) is 0 Å². The third-order valence-electron chi connectivity index (χ3n) is 3.64. The second-order valence-corrected chi connectivity index (χ2v) is 6.40. The predicted molar refractivity (Wildman–Crippen MR) is 72.6 cm³/mol. The molecule has 17 heavy (non-hydrogen) atoms. The second-order valence-electron chi connectivity index (χ2n) is 4.60. The van der Waals surface area contributed by atoms with Gasteiger partial charge in [0.05, 0.1) is 4.34 Å². The summed E-state index contributed by atoms with van der Waals surface area (Å²) in [4.78, 5) is 3.65. The monoisotopic (exact) mass is 274 g/mol. The molecule has 0 bridgehead atoms. The van der Waals surface area contributed by atoms with E-state index >= 15 is 0 Å². The fourth-order valence-corrected chi connectivity index (χ4v) is 3.47. The van der Waals surface area contributed by atoms with Crippen molar-refractivity contribution in [3.8, 4) is 0 Å². The number of thiophene rings is 1. The quantitative estimate of drug-likeness (QED) is 0.916. The van der Waals surface area contributed by atoms with E-state index in [4.69, 9.17) is 22.1 Å². The second kappa shape index (κ2) is 5.67. The lowest BCUT2D eigenvalue weighted by Gasteiger charge is -2.43. The van der Waals surface area contributed by atoms with Crippen molar-refractivity contribution in [2.24, 2.45) is 5.73 Å². The first-order chi connectivity index (χ1) is 8.16. The van der Waals surface area contributed by atoms with Gasteiger partial charge in [0.25, 0.3) is 0 Å². The molecule has 96 valence electrons. The first-order valence-corrected chi connectivity index (χ1v) is 7.09. The molecule has 0 aliphatic carbocycles. The number of halogens is 1. The average molecular weight is 275 g/mol. The molecule has 1 aliphatic heterocycles. The van der Waals surface area contributed by atoms with Crippen LogP contribution in [0.5, 0.6) is 0 Å². The van der Waals surface area contributed by atoms with Gasteiger partial charge in [-0.15, -0.1) is 11.3 Å². The standard InChI is InChI=1S/C12H19ClN2OS/c1-15(8-10-2-3-11(13)17-10)12(9-14)4-6-16-7-5-12/h2-3H,4-9,14H2,1H3. The van der Waals surface area contributed by atoms with Gasteiger partial charge in [0.15, 0.2) is 0 Å². The van der Waals surface area contributed by atoms with Crippen LogP contribution < -0.4 is 5.73 Å². The molecule has 1 aliphatic rings. The van der Waals surface area contributed by atoms with Gasteiger partial charge in [-0.05, 0) is 32.0 Å². The Morgan fingerprint density at radius 1 is 1.47 bits per heavy atom. The molecule has 1 saturated heterocycles. The maximum atomic E-state index is 5.98. The maximum Gasteiger partial charge on any atom is 0.0931 e. The van der Waals surface area contributed by atoms with Crippen LogP contribution in [-0.2, 0) is 11.3 Å². The van der Waals surface area contributed by atoms with E-state index in [9.17, 15) is 0 Å². The lowest BCUT2D eigenvalue weighted by molar-refractivity contribution is -0.0160. The van der Waals surface area contributed by atoms with E-state index < -0.39 is 0 Å². The Hall–Kier alpha value is -0.130. The molecule has 0 atom stereocenters. The van der Waals surface area contributed by atoms with Crippen molar-refractivity contribution >= 4 is 22.9 Å². The molecule has 0 saturated carbocycles. The predicted octanol–water partition coefficient (Wildman–Crippen LogP) is 2.34. The Morgan fingerprint density at radius 3 is 2.71 bits per heavy atom. The fourth-order valence-electron chi connectivity index (χ4n) is 2.33. The molecule has 3 nitrogen and oxygen atoms in total. The number of rotatable bonds is 4. The van der Waals surface area contributed by atoms with E-state index in [1.54, 1.807) is 11.3 Å². The summed E-state index contributed by atoms with van der Waals surface area (Å²) < 4.78 is 6.28. The summed E-state index contributed by atoms with van der Waals surface area (Å²) in [6.45, 7) is 3.22. The van der Waals surface area contributed by atoms with Gasteiger partial charge in [-0.1, -0.05) is 11.6 Å². The zero-order valence-corrected chi connectivity index (χ0v) is 11.7. The van der Waals surface area contributed by atoms with Gasteiger partial charge >= 0.3 is 0 Å². The smallest absolute Gasteiger partial charge is 0.0931 e. The summed E-state index contributed by atoms with van der Waals surface area (Å²) in [5.74, 6) is 0. The van der Waals surface area contributed by atoms with E-state index in [1.807, 2.05) is 6.07 Å². The van der Waals surface area contributed by atoms with Crippen LogP contribution in [0.25, 0.3) is 0 Å². The first-order valence-electron chi connectivity index (χ1n) is 5.89. The summed E-state index contributed by atoms with van der Waals surface area (Å²) in [5, 5.41) is 0. The molecular formula is C12H19ClN2OS. The summed E-state index contributed by atoms with van der Waals surface area (Å²) >= 11 is 7.59. The topological polar surface area (TPSA) is 38.5 Å². The van der Waals surface area contributed by atoms with Gasteiger partial charge < -0.3 is 10.5 Å². The van der Waals surface area contributed by atoms with E-state index in [0.29, 0.717) is 6.54 Å². The lowest BCUT2D eigenvalue weighted by atomic mass is 9.88. The SMILES string of the molecule is CN(Cc1ccc(Cl)s1)C1(CN)CCOCC1. The number of likely N-dealkylation sites (N-methyl/N-ethyl adjacent to an activating group) is 1.